The molecule has 0 saturated carbocycles. The molecule has 0 bridgehead atoms. The third-order valence-electron chi connectivity index (χ3n) is 6.17. The number of rotatable bonds is 8. The number of pyridine rings is 1. The quantitative estimate of drug-likeness (QED) is 0.302. The van der Waals surface area contributed by atoms with E-state index in [1.807, 2.05) is 85.8 Å². The van der Waals surface area contributed by atoms with Gasteiger partial charge >= 0.3 is 5.97 Å². The SMILES string of the molecule is CCN(c1ccc(NC(=O)COC(=O)c2c(C)c(-c3ccccc3)nc3ccccc23)cc1)C(C)C. The third-order valence-corrected chi connectivity index (χ3v) is 6.17. The molecule has 0 atom stereocenters. The van der Waals surface area contributed by atoms with Gasteiger partial charge in [0.2, 0.25) is 0 Å². The molecule has 0 unspecified atom stereocenters. The van der Waals surface area contributed by atoms with Gasteiger partial charge in [-0.1, -0.05) is 48.5 Å². The van der Waals surface area contributed by atoms with Crippen LogP contribution in [0, 0.1) is 6.92 Å². The first-order chi connectivity index (χ1) is 17.4. The summed E-state index contributed by atoms with van der Waals surface area (Å²) < 4.78 is 5.47. The number of nitrogens with one attached hydrogen (secondary N) is 1. The van der Waals surface area contributed by atoms with Gasteiger partial charge in [-0.15, -0.1) is 0 Å². The fourth-order valence-electron chi connectivity index (χ4n) is 4.43. The first-order valence-electron chi connectivity index (χ1n) is 12.2. The van der Waals surface area contributed by atoms with Crippen molar-refractivity contribution in [3.63, 3.8) is 0 Å². The van der Waals surface area contributed by atoms with Crippen molar-refractivity contribution in [1.29, 1.82) is 0 Å². The summed E-state index contributed by atoms with van der Waals surface area (Å²) in [6.45, 7) is 8.77. The molecule has 1 heterocycles. The topological polar surface area (TPSA) is 71.5 Å². The van der Waals surface area contributed by atoms with Gasteiger partial charge in [0.15, 0.2) is 6.61 Å². The molecule has 1 N–H and O–H groups in total. The van der Waals surface area contributed by atoms with Crippen LogP contribution in [0.5, 0.6) is 0 Å². The molecule has 6 nitrogen and oxygen atoms in total. The lowest BCUT2D eigenvalue weighted by molar-refractivity contribution is -0.119. The summed E-state index contributed by atoms with van der Waals surface area (Å²) in [5, 5.41) is 3.50. The monoisotopic (exact) mass is 481 g/mol. The van der Waals surface area contributed by atoms with Crippen LogP contribution in [0.25, 0.3) is 22.2 Å². The van der Waals surface area contributed by atoms with Crippen LogP contribution in [-0.2, 0) is 9.53 Å². The standard InChI is InChI=1S/C30H31N3O3/c1-5-33(20(2)3)24-17-15-23(16-18-24)31-27(34)19-36-30(35)28-21(4)29(22-11-7-6-8-12-22)32-26-14-10-9-13-25(26)28/h6-18,20H,5,19H2,1-4H3,(H,31,34). The van der Waals surface area contributed by atoms with Crippen LogP contribution in [0.1, 0.15) is 36.7 Å². The highest BCUT2D eigenvalue weighted by Gasteiger charge is 2.21. The van der Waals surface area contributed by atoms with E-state index in [0.717, 1.165) is 17.8 Å². The van der Waals surface area contributed by atoms with E-state index in [2.05, 4.69) is 31.0 Å². The fraction of sp³-hybridized carbons (Fsp3) is 0.233. The molecule has 0 spiro atoms. The number of carbonyl (C=O) groups excluding carboxylic acids is 2. The van der Waals surface area contributed by atoms with Crippen molar-refractivity contribution in [3.8, 4) is 11.3 Å². The number of ether oxygens (including phenoxy) is 1. The molecule has 184 valence electrons. The van der Waals surface area contributed by atoms with E-state index in [4.69, 9.17) is 9.72 Å². The lowest BCUT2D eigenvalue weighted by Crippen LogP contribution is -2.30. The van der Waals surface area contributed by atoms with E-state index >= 15 is 0 Å². The maximum absolute atomic E-state index is 13.2. The molecule has 1 aromatic heterocycles. The fourth-order valence-corrected chi connectivity index (χ4v) is 4.43. The number of anilines is 2. The zero-order valence-corrected chi connectivity index (χ0v) is 21.1. The Morgan fingerprint density at radius 2 is 1.61 bits per heavy atom. The van der Waals surface area contributed by atoms with Gasteiger partial charge in [0, 0.05) is 34.9 Å². The molecule has 0 radical (unpaired) electrons. The minimum atomic E-state index is -0.552. The molecule has 0 fully saturated rings. The van der Waals surface area contributed by atoms with Crippen molar-refractivity contribution in [2.75, 3.05) is 23.4 Å². The van der Waals surface area contributed by atoms with E-state index in [1.54, 1.807) is 0 Å². The highest BCUT2D eigenvalue weighted by Crippen LogP contribution is 2.30. The Morgan fingerprint density at radius 1 is 0.944 bits per heavy atom. The number of fused-ring (bicyclic) bond motifs is 1. The van der Waals surface area contributed by atoms with Crippen LogP contribution in [-0.4, -0.2) is 36.1 Å². The molecular weight excluding hydrogens is 450 g/mol. The first kappa shape index (κ1) is 24.9. The van der Waals surface area contributed by atoms with Crippen molar-refractivity contribution in [3.05, 3.63) is 90.0 Å². The van der Waals surface area contributed by atoms with Crippen LogP contribution in [0.2, 0.25) is 0 Å². The van der Waals surface area contributed by atoms with Crippen molar-refractivity contribution in [2.24, 2.45) is 0 Å². The summed E-state index contributed by atoms with van der Waals surface area (Å²) in [5.41, 5.74) is 5.20. The predicted molar refractivity (Wildman–Crippen MR) is 145 cm³/mol. The molecular formula is C30H31N3O3. The zero-order chi connectivity index (χ0) is 25.7. The molecule has 4 rings (SSSR count). The minimum Gasteiger partial charge on any atom is -0.452 e. The number of para-hydroxylation sites is 1. The van der Waals surface area contributed by atoms with Gasteiger partial charge in [0.05, 0.1) is 16.8 Å². The maximum Gasteiger partial charge on any atom is 0.339 e. The molecule has 0 aliphatic carbocycles. The normalized spacial score (nSPS) is 10.9. The molecule has 1 amide bonds. The van der Waals surface area contributed by atoms with Crippen LogP contribution >= 0.6 is 0 Å². The first-order valence-corrected chi connectivity index (χ1v) is 12.2. The number of nitrogens with zero attached hydrogens (tertiary/aromatic N) is 2. The lowest BCUT2D eigenvalue weighted by Gasteiger charge is -2.27. The van der Waals surface area contributed by atoms with Crippen molar-refractivity contribution < 1.29 is 14.3 Å². The second kappa shape index (κ2) is 11.0. The van der Waals surface area contributed by atoms with Crippen LogP contribution < -0.4 is 10.2 Å². The van der Waals surface area contributed by atoms with E-state index in [-0.39, 0.29) is 6.61 Å². The number of carbonyl (C=O) groups is 2. The predicted octanol–water partition coefficient (Wildman–Crippen LogP) is 6.24. The number of hydrogen-bond acceptors (Lipinski definition) is 5. The van der Waals surface area contributed by atoms with Crippen LogP contribution in [0.15, 0.2) is 78.9 Å². The molecule has 6 heteroatoms. The highest BCUT2D eigenvalue weighted by molar-refractivity contribution is 6.07. The smallest absolute Gasteiger partial charge is 0.339 e. The molecule has 0 aliphatic heterocycles. The highest BCUT2D eigenvalue weighted by atomic mass is 16.5. The molecule has 0 aliphatic rings. The van der Waals surface area contributed by atoms with Gasteiger partial charge in [-0.05, 0) is 63.6 Å². The van der Waals surface area contributed by atoms with Gasteiger partial charge in [-0.25, -0.2) is 9.78 Å². The minimum absolute atomic E-state index is 0.380. The second-order valence-electron chi connectivity index (χ2n) is 8.89. The second-order valence-corrected chi connectivity index (χ2v) is 8.89. The Morgan fingerprint density at radius 3 is 2.28 bits per heavy atom. The van der Waals surface area contributed by atoms with Gasteiger partial charge < -0.3 is 15.0 Å². The summed E-state index contributed by atoms with van der Waals surface area (Å²) in [6, 6.07) is 25.2. The van der Waals surface area contributed by atoms with Crippen LogP contribution in [0.4, 0.5) is 11.4 Å². The average molecular weight is 482 g/mol. The Kier molecular flexibility index (Phi) is 7.64. The molecule has 4 aromatic rings. The number of hydrogen-bond donors (Lipinski definition) is 1. The van der Waals surface area contributed by atoms with E-state index in [1.165, 1.54) is 0 Å². The van der Waals surface area contributed by atoms with Crippen LogP contribution in [0.3, 0.4) is 0 Å². The van der Waals surface area contributed by atoms with Crippen molar-refractivity contribution >= 4 is 34.2 Å². The number of amides is 1. The van der Waals surface area contributed by atoms with Crippen molar-refractivity contribution in [1.82, 2.24) is 4.98 Å². The van der Waals surface area contributed by atoms with Crippen molar-refractivity contribution in [2.45, 2.75) is 33.7 Å². The summed E-state index contributed by atoms with van der Waals surface area (Å²) in [5.74, 6) is -0.948. The Hall–Kier alpha value is -4.19. The summed E-state index contributed by atoms with van der Waals surface area (Å²) in [4.78, 5) is 32.8. The number of benzene rings is 3. The van der Waals surface area contributed by atoms with E-state index < -0.39 is 11.9 Å². The maximum atomic E-state index is 13.2. The van der Waals surface area contributed by atoms with Gasteiger partial charge in [0.25, 0.3) is 5.91 Å². The summed E-state index contributed by atoms with van der Waals surface area (Å²) in [7, 11) is 0. The zero-order valence-electron chi connectivity index (χ0n) is 21.1. The molecule has 3 aromatic carbocycles. The number of esters is 1. The van der Waals surface area contributed by atoms with Gasteiger partial charge in [-0.2, -0.15) is 0 Å². The lowest BCUT2D eigenvalue weighted by atomic mass is 9.98. The summed E-state index contributed by atoms with van der Waals surface area (Å²) in [6.07, 6.45) is 0. The third kappa shape index (κ3) is 5.38. The van der Waals surface area contributed by atoms with Gasteiger partial charge in [0.1, 0.15) is 0 Å². The van der Waals surface area contributed by atoms with E-state index in [9.17, 15) is 9.59 Å². The molecule has 0 saturated heterocycles. The van der Waals surface area contributed by atoms with E-state index in [0.29, 0.717) is 39.5 Å². The Bertz CT molecular complexity index is 1370. The Balaban J connectivity index is 1.50. The average Bonchev–Trinajstić information content (AvgIpc) is 2.88. The number of aromatic nitrogens is 1. The molecule has 36 heavy (non-hydrogen) atoms. The largest absolute Gasteiger partial charge is 0.452 e. The van der Waals surface area contributed by atoms with Gasteiger partial charge in [-0.3, -0.25) is 4.79 Å². The Labute approximate surface area is 211 Å². The summed E-state index contributed by atoms with van der Waals surface area (Å²) >= 11 is 0.